The lowest BCUT2D eigenvalue weighted by Gasteiger charge is -2.13. The van der Waals surface area contributed by atoms with Gasteiger partial charge in [0, 0.05) is 6.20 Å². The number of rotatable bonds is 2. The topological polar surface area (TPSA) is 53.8 Å². The quantitative estimate of drug-likeness (QED) is 0.599. The minimum absolute atomic E-state index is 0.237. The molecule has 0 saturated heterocycles. The number of hydrogen-bond donors (Lipinski definition) is 0. The molecule has 0 aromatic carbocycles. The fourth-order valence-electron chi connectivity index (χ4n) is 1.20. The molecule has 17 heavy (non-hydrogen) atoms. The van der Waals surface area contributed by atoms with Crippen LogP contribution in [0.3, 0.4) is 0 Å². The summed E-state index contributed by atoms with van der Waals surface area (Å²) < 4.78 is 62.3. The van der Waals surface area contributed by atoms with Gasteiger partial charge in [0.05, 0.1) is 11.1 Å². The first-order valence-electron chi connectivity index (χ1n) is 4.06. The van der Waals surface area contributed by atoms with Crippen molar-refractivity contribution >= 4 is 6.29 Å². The van der Waals surface area contributed by atoms with Gasteiger partial charge >= 0.3 is 6.18 Å². The fraction of sp³-hybridized carbons (Fsp3) is 0.222. The van der Waals surface area contributed by atoms with Crippen LogP contribution in [0.1, 0.15) is 33.6 Å². The largest absolute Gasteiger partial charge is 0.419 e. The van der Waals surface area contributed by atoms with E-state index in [0.717, 1.165) is 6.07 Å². The zero-order valence-corrected chi connectivity index (χ0v) is 7.92. The molecule has 1 aromatic rings. The number of pyridine rings is 1. The van der Waals surface area contributed by atoms with Crippen molar-refractivity contribution in [3.63, 3.8) is 0 Å². The maximum Gasteiger partial charge on any atom is 0.419 e. The zero-order chi connectivity index (χ0) is 13.2. The van der Waals surface area contributed by atoms with E-state index in [1.807, 2.05) is 0 Å². The summed E-state index contributed by atoms with van der Waals surface area (Å²) in [4.78, 5) is 13.3. The molecule has 0 saturated carbocycles. The van der Waals surface area contributed by atoms with Gasteiger partial charge in [-0.3, -0.25) is 9.78 Å². The van der Waals surface area contributed by atoms with Crippen molar-refractivity contribution in [2.24, 2.45) is 0 Å². The second-order valence-electron chi connectivity index (χ2n) is 2.88. The maximum atomic E-state index is 12.5. The fourth-order valence-corrected chi connectivity index (χ4v) is 1.20. The first-order chi connectivity index (χ1) is 7.82. The van der Waals surface area contributed by atoms with E-state index < -0.39 is 35.0 Å². The zero-order valence-electron chi connectivity index (χ0n) is 7.92. The molecule has 0 fully saturated rings. The molecule has 0 spiro atoms. The number of nitrogens with zero attached hydrogens (tertiary/aromatic N) is 2. The van der Waals surface area contributed by atoms with Crippen LogP contribution in [0.5, 0.6) is 0 Å². The smallest absolute Gasteiger partial charge is 0.296 e. The molecule has 0 unspecified atom stereocenters. The molecule has 0 aliphatic rings. The number of aromatic nitrogens is 1. The summed E-state index contributed by atoms with van der Waals surface area (Å²) in [5.74, 6) is 0. The summed E-state index contributed by atoms with van der Waals surface area (Å²) in [7, 11) is 0. The molecule has 0 N–H and O–H groups in total. The van der Waals surface area contributed by atoms with Crippen LogP contribution in [-0.2, 0) is 6.18 Å². The van der Waals surface area contributed by atoms with Crippen LogP contribution < -0.4 is 0 Å². The van der Waals surface area contributed by atoms with Crippen LogP contribution in [0.4, 0.5) is 22.0 Å². The predicted molar refractivity (Wildman–Crippen MR) is 44.3 cm³/mol. The Balaban J connectivity index is 3.69. The molecule has 0 atom stereocenters. The highest BCUT2D eigenvalue weighted by atomic mass is 19.4. The maximum absolute atomic E-state index is 12.5. The molecular formula is C9H3F5N2O. The highest BCUT2D eigenvalue weighted by Gasteiger charge is 2.39. The van der Waals surface area contributed by atoms with Crippen LogP contribution in [0.15, 0.2) is 6.20 Å². The van der Waals surface area contributed by atoms with E-state index in [1.54, 1.807) is 0 Å². The van der Waals surface area contributed by atoms with Gasteiger partial charge in [-0.2, -0.15) is 18.4 Å². The van der Waals surface area contributed by atoms with E-state index in [-0.39, 0.29) is 6.29 Å². The molecule has 1 heterocycles. The third-order valence-electron chi connectivity index (χ3n) is 1.88. The standard InChI is InChI=1S/C9H3F5N2O/c10-8(11)5-2-16-6(3-17)7(4(5)1-15)9(12,13)14/h2-3,8H. The third kappa shape index (κ3) is 2.38. The van der Waals surface area contributed by atoms with Gasteiger partial charge in [0.1, 0.15) is 17.3 Å². The summed E-state index contributed by atoms with van der Waals surface area (Å²) in [5.41, 5.74) is -5.23. The molecule has 0 amide bonds. The number of nitriles is 1. The molecule has 1 aromatic heterocycles. The Bertz CT molecular complexity index is 489. The first-order valence-corrected chi connectivity index (χ1v) is 4.06. The molecule has 0 aliphatic heterocycles. The molecule has 0 bridgehead atoms. The van der Waals surface area contributed by atoms with Crippen LogP contribution >= 0.6 is 0 Å². The minimum atomic E-state index is -5.10. The SMILES string of the molecule is N#Cc1c(C(F)F)cnc(C=O)c1C(F)(F)F. The second-order valence-corrected chi connectivity index (χ2v) is 2.88. The highest BCUT2D eigenvalue weighted by molar-refractivity contribution is 5.76. The Kier molecular flexibility index (Phi) is 3.41. The van der Waals surface area contributed by atoms with Crippen LogP contribution in [0.25, 0.3) is 0 Å². The minimum Gasteiger partial charge on any atom is -0.296 e. The molecule has 3 nitrogen and oxygen atoms in total. The monoisotopic (exact) mass is 250 g/mol. The molecule has 1 rings (SSSR count). The summed E-state index contributed by atoms with van der Waals surface area (Å²) in [6, 6.07) is 1.03. The average Bonchev–Trinajstić information content (AvgIpc) is 2.25. The molecule has 8 heteroatoms. The van der Waals surface area contributed by atoms with Crippen molar-refractivity contribution in [1.29, 1.82) is 5.26 Å². The van der Waals surface area contributed by atoms with Crippen LogP contribution in [0, 0.1) is 11.3 Å². The second kappa shape index (κ2) is 4.45. The summed E-state index contributed by atoms with van der Waals surface area (Å²) in [5, 5.41) is 8.50. The Morgan fingerprint density at radius 3 is 2.35 bits per heavy atom. The van der Waals surface area contributed by atoms with Gasteiger partial charge < -0.3 is 0 Å². The number of carbonyl (C=O) groups is 1. The van der Waals surface area contributed by atoms with Crippen molar-refractivity contribution in [2.45, 2.75) is 12.6 Å². The number of hydrogen-bond acceptors (Lipinski definition) is 3. The summed E-state index contributed by atoms with van der Waals surface area (Å²) in [6.07, 6.45) is -8.22. The Morgan fingerprint density at radius 1 is 1.41 bits per heavy atom. The van der Waals surface area contributed by atoms with Gasteiger partial charge in [-0.15, -0.1) is 0 Å². The third-order valence-corrected chi connectivity index (χ3v) is 1.88. The number of halogens is 5. The molecule has 0 radical (unpaired) electrons. The van der Waals surface area contributed by atoms with Gasteiger partial charge in [0.2, 0.25) is 0 Å². The molecule has 90 valence electrons. The number of alkyl halides is 5. The Hall–Kier alpha value is -2.04. The van der Waals surface area contributed by atoms with Crippen molar-refractivity contribution in [3.05, 3.63) is 28.6 Å². The Labute approximate surface area is 91.5 Å². The summed E-state index contributed by atoms with van der Waals surface area (Å²) in [6.45, 7) is 0. The van der Waals surface area contributed by atoms with Crippen molar-refractivity contribution in [1.82, 2.24) is 4.98 Å². The highest BCUT2D eigenvalue weighted by Crippen LogP contribution is 2.36. The number of carbonyl (C=O) groups excluding carboxylic acids is 1. The van der Waals surface area contributed by atoms with Crippen molar-refractivity contribution in [2.75, 3.05) is 0 Å². The van der Waals surface area contributed by atoms with E-state index in [4.69, 9.17) is 5.26 Å². The van der Waals surface area contributed by atoms with Crippen LogP contribution in [-0.4, -0.2) is 11.3 Å². The lowest BCUT2D eigenvalue weighted by atomic mass is 10.0. The van der Waals surface area contributed by atoms with E-state index in [0.29, 0.717) is 6.20 Å². The first kappa shape index (κ1) is 13.0. The van der Waals surface area contributed by atoms with Gasteiger partial charge in [-0.25, -0.2) is 8.78 Å². The van der Waals surface area contributed by atoms with E-state index >= 15 is 0 Å². The van der Waals surface area contributed by atoms with Crippen molar-refractivity contribution < 1.29 is 26.7 Å². The molecular weight excluding hydrogens is 247 g/mol. The lowest BCUT2D eigenvalue weighted by molar-refractivity contribution is -0.138. The van der Waals surface area contributed by atoms with Gasteiger partial charge in [-0.1, -0.05) is 0 Å². The van der Waals surface area contributed by atoms with Gasteiger partial charge in [-0.05, 0) is 0 Å². The lowest BCUT2D eigenvalue weighted by Crippen LogP contribution is -2.15. The van der Waals surface area contributed by atoms with Crippen molar-refractivity contribution in [3.8, 4) is 6.07 Å². The van der Waals surface area contributed by atoms with E-state index in [9.17, 15) is 26.7 Å². The van der Waals surface area contributed by atoms with E-state index in [1.165, 1.54) is 0 Å². The van der Waals surface area contributed by atoms with Gasteiger partial charge in [0.15, 0.2) is 6.29 Å². The average molecular weight is 250 g/mol. The van der Waals surface area contributed by atoms with Gasteiger partial charge in [0.25, 0.3) is 6.43 Å². The summed E-state index contributed by atoms with van der Waals surface area (Å²) >= 11 is 0. The predicted octanol–water partition coefficient (Wildman–Crippen LogP) is 2.72. The van der Waals surface area contributed by atoms with E-state index in [2.05, 4.69) is 4.98 Å². The molecule has 0 aliphatic carbocycles. The normalized spacial score (nSPS) is 11.4. The Morgan fingerprint density at radius 2 is 2.00 bits per heavy atom. The van der Waals surface area contributed by atoms with Crippen LogP contribution in [0.2, 0.25) is 0 Å². The number of aldehydes is 1.